The molecule has 0 unspecified atom stereocenters. The van der Waals surface area contributed by atoms with Gasteiger partial charge in [0.25, 0.3) is 0 Å². The minimum Gasteiger partial charge on any atom is -0.346 e. The van der Waals surface area contributed by atoms with E-state index in [9.17, 15) is 4.79 Å². The Hall–Kier alpha value is -1.34. The molecule has 0 heterocycles. The van der Waals surface area contributed by atoms with Crippen molar-refractivity contribution in [2.45, 2.75) is 25.8 Å². The summed E-state index contributed by atoms with van der Waals surface area (Å²) in [5.74, 6) is -0.257. The molecule has 1 aromatic carbocycles. The van der Waals surface area contributed by atoms with Gasteiger partial charge in [-0.3, -0.25) is 4.79 Å². The number of hydrogen-bond donors (Lipinski definition) is 1. The van der Waals surface area contributed by atoms with Crippen LogP contribution in [0.2, 0.25) is 0 Å². The van der Waals surface area contributed by atoms with Crippen LogP contribution in [0.1, 0.15) is 25.8 Å². The molecular weight excluding hydrogens is 268 g/mol. The molecule has 0 atom stereocenters. The van der Waals surface area contributed by atoms with Crippen molar-refractivity contribution in [3.05, 3.63) is 34.3 Å². The van der Waals surface area contributed by atoms with Crippen molar-refractivity contribution < 1.29 is 4.79 Å². The standard InChI is InChI=1S/C12H13BrN2O/c1-12(2,15-11(16)6-7-14)9-4-3-5-10(13)8-9/h3-5,8H,6H2,1-2H3,(H,15,16). The van der Waals surface area contributed by atoms with Crippen LogP contribution in [0.15, 0.2) is 28.7 Å². The number of benzene rings is 1. The molecule has 0 aliphatic rings. The third-order valence-corrected chi connectivity index (χ3v) is 2.73. The Morgan fingerprint density at radius 2 is 2.25 bits per heavy atom. The number of carbonyl (C=O) groups excluding carboxylic acids is 1. The predicted octanol–water partition coefficient (Wildman–Crippen LogP) is 2.71. The van der Waals surface area contributed by atoms with Crippen LogP contribution in [0.3, 0.4) is 0 Å². The molecule has 0 saturated heterocycles. The fraction of sp³-hybridized carbons (Fsp3) is 0.333. The maximum atomic E-state index is 11.4. The fourth-order valence-electron chi connectivity index (χ4n) is 1.41. The minimum absolute atomic E-state index is 0.114. The first kappa shape index (κ1) is 12.7. The lowest BCUT2D eigenvalue weighted by atomic mass is 9.94. The van der Waals surface area contributed by atoms with Gasteiger partial charge in [-0.1, -0.05) is 28.1 Å². The van der Waals surface area contributed by atoms with Crippen LogP contribution in [0.25, 0.3) is 0 Å². The summed E-state index contributed by atoms with van der Waals surface area (Å²) in [6.07, 6.45) is -0.114. The summed E-state index contributed by atoms with van der Waals surface area (Å²) in [4.78, 5) is 11.4. The molecule has 0 aliphatic heterocycles. The SMILES string of the molecule is CC(C)(NC(=O)CC#N)c1cccc(Br)c1. The van der Waals surface area contributed by atoms with Crippen molar-refractivity contribution >= 4 is 21.8 Å². The second-order valence-electron chi connectivity index (χ2n) is 4.02. The van der Waals surface area contributed by atoms with Crippen LogP contribution in [0, 0.1) is 11.3 Å². The third kappa shape index (κ3) is 3.35. The Balaban J connectivity index is 2.86. The first-order chi connectivity index (χ1) is 7.45. The normalized spacial score (nSPS) is 10.6. The van der Waals surface area contributed by atoms with Gasteiger partial charge in [0.2, 0.25) is 5.91 Å². The summed E-state index contributed by atoms with van der Waals surface area (Å²) in [5, 5.41) is 11.2. The van der Waals surface area contributed by atoms with Crippen molar-refractivity contribution in [1.29, 1.82) is 5.26 Å². The quantitative estimate of drug-likeness (QED) is 0.926. The highest BCUT2D eigenvalue weighted by molar-refractivity contribution is 9.10. The molecule has 1 N–H and O–H groups in total. The van der Waals surface area contributed by atoms with Crippen molar-refractivity contribution in [1.82, 2.24) is 5.32 Å². The first-order valence-corrected chi connectivity index (χ1v) is 5.69. The largest absolute Gasteiger partial charge is 0.346 e. The summed E-state index contributed by atoms with van der Waals surface area (Å²) in [6.45, 7) is 3.81. The molecule has 0 bridgehead atoms. The van der Waals surface area contributed by atoms with Gasteiger partial charge < -0.3 is 5.32 Å². The molecule has 0 spiro atoms. The maximum absolute atomic E-state index is 11.4. The van der Waals surface area contributed by atoms with E-state index in [1.54, 1.807) is 0 Å². The molecule has 0 fully saturated rings. The minimum atomic E-state index is -0.474. The van der Waals surface area contributed by atoms with Gasteiger partial charge >= 0.3 is 0 Å². The number of carbonyl (C=O) groups is 1. The van der Waals surface area contributed by atoms with Gasteiger partial charge in [-0.2, -0.15) is 5.26 Å². The van der Waals surface area contributed by atoms with Gasteiger partial charge in [-0.15, -0.1) is 0 Å². The van der Waals surface area contributed by atoms with Crippen LogP contribution in [-0.4, -0.2) is 5.91 Å². The molecule has 1 amide bonds. The van der Waals surface area contributed by atoms with E-state index in [1.165, 1.54) is 0 Å². The molecule has 4 heteroatoms. The van der Waals surface area contributed by atoms with Crippen LogP contribution in [0.5, 0.6) is 0 Å². The van der Waals surface area contributed by atoms with Crippen LogP contribution < -0.4 is 5.32 Å². The Labute approximate surface area is 104 Å². The zero-order chi connectivity index (χ0) is 12.2. The molecule has 1 rings (SSSR count). The van der Waals surface area contributed by atoms with Gasteiger partial charge in [0, 0.05) is 4.47 Å². The van der Waals surface area contributed by atoms with Crippen LogP contribution >= 0.6 is 15.9 Å². The summed E-state index contributed by atoms with van der Waals surface area (Å²) in [6, 6.07) is 9.57. The zero-order valence-corrected chi connectivity index (χ0v) is 10.8. The van der Waals surface area contributed by atoms with Gasteiger partial charge in [-0.05, 0) is 31.5 Å². The number of nitrogens with zero attached hydrogens (tertiary/aromatic N) is 1. The molecule has 84 valence electrons. The highest BCUT2D eigenvalue weighted by atomic mass is 79.9. The smallest absolute Gasteiger partial charge is 0.234 e. The molecule has 0 aliphatic carbocycles. The summed E-state index contributed by atoms with van der Waals surface area (Å²) < 4.78 is 0.965. The van der Waals surface area contributed by atoms with E-state index < -0.39 is 5.54 Å². The van der Waals surface area contributed by atoms with Gasteiger partial charge in [0.1, 0.15) is 6.42 Å². The van der Waals surface area contributed by atoms with E-state index in [0.717, 1.165) is 10.0 Å². The lowest BCUT2D eigenvalue weighted by molar-refractivity contribution is -0.121. The second kappa shape index (κ2) is 5.13. The Bertz CT molecular complexity index is 435. The van der Waals surface area contributed by atoms with Crippen LogP contribution in [-0.2, 0) is 10.3 Å². The topological polar surface area (TPSA) is 52.9 Å². The van der Waals surface area contributed by atoms with E-state index in [2.05, 4.69) is 21.2 Å². The Kier molecular flexibility index (Phi) is 4.08. The molecule has 1 aromatic rings. The highest BCUT2D eigenvalue weighted by Crippen LogP contribution is 2.23. The molecular formula is C12H13BrN2O. The molecule has 0 radical (unpaired) electrons. The Morgan fingerprint density at radius 3 is 2.81 bits per heavy atom. The average Bonchev–Trinajstić information content (AvgIpc) is 2.17. The zero-order valence-electron chi connectivity index (χ0n) is 9.25. The lowest BCUT2D eigenvalue weighted by Gasteiger charge is -2.26. The van der Waals surface area contributed by atoms with E-state index in [-0.39, 0.29) is 12.3 Å². The lowest BCUT2D eigenvalue weighted by Crippen LogP contribution is -2.40. The predicted molar refractivity (Wildman–Crippen MR) is 65.5 cm³/mol. The van der Waals surface area contributed by atoms with Crippen molar-refractivity contribution in [2.75, 3.05) is 0 Å². The fourth-order valence-corrected chi connectivity index (χ4v) is 1.81. The summed E-state index contributed by atoms with van der Waals surface area (Å²) in [7, 11) is 0. The summed E-state index contributed by atoms with van der Waals surface area (Å²) in [5.41, 5.74) is 0.519. The molecule has 16 heavy (non-hydrogen) atoms. The Morgan fingerprint density at radius 1 is 1.56 bits per heavy atom. The number of hydrogen-bond acceptors (Lipinski definition) is 2. The monoisotopic (exact) mass is 280 g/mol. The van der Waals surface area contributed by atoms with E-state index in [4.69, 9.17) is 5.26 Å². The van der Waals surface area contributed by atoms with Gasteiger partial charge in [0.15, 0.2) is 0 Å². The number of halogens is 1. The third-order valence-electron chi connectivity index (χ3n) is 2.24. The second-order valence-corrected chi connectivity index (χ2v) is 4.93. The van der Waals surface area contributed by atoms with E-state index in [0.29, 0.717) is 0 Å². The molecule has 3 nitrogen and oxygen atoms in total. The van der Waals surface area contributed by atoms with E-state index >= 15 is 0 Å². The van der Waals surface area contributed by atoms with Gasteiger partial charge in [-0.25, -0.2) is 0 Å². The number of nitrogens with one attached hydrogen (secondary N) is 1. The number of rotatable bonds is 3. The van der Waals surface area contributed by atoms with Crippen molar-refractivity contribution in [3.8, 4) is 6.07 Å². The van der Waals surface area contributed by atoms with E-state index in [1.807, 2.05) is 44.2 Å². The maximum Gasteiger partial charge on any atom is 0.234 e. The van der Waals surface area contributed by atoms with Crippen molar-refractivity contribution in [3.63, 3.8) is 0 Å². The molecule has 0 saturated carbocycles. The summed E-state index contributed by atoms with van der Waals surface area (Å²) >= 11 is 3.39. The highest BCUT2D eigenvalue weighted by Gasteiger charge is 2.22. The number of amides is 1. The average molecular weight is 281 g/mol. The molecule has 0 aromatic heterocycles. The van der Waals surface area contributed by atoms with Crippen LogP contribution in [0.4, 0.5) is 0 Å². The number of nitriles is 1. The first-order valence-electron chi connectivity index (χ1n) is 4.90. The van der Waals surface area contributed by atoms with Gasteiger partial charge in [0.05, 0.1) is 11.6 Å². The van der Waals surface area contributed by atoms with Crippen molar-refractivity contribution in [2.24, 2.45) is 0 Å².